The molecule has 0 saturated heterocycles. The van der Waals surface area contributed by atoms with Gasteiger partial charge in [0.2, 0.25) is 5.95 Å². The number of anilines is 3. The number of aliphatic hydroxyl groups is 1. The molecule has 11 heteroatoms. The topological polar surface area (TPSA) is 157 Å². The summed E-state index contributed by atoms with van der Waals surface area (Å²) in [5.41, 5.74) is 8.83. The molecule has 0 aliphatic carbocycles. The highest BCUT2D eigenvalue weighted by atomic mass is 32.2. The summed E-state index contributed by atoms with van der Waals surface area (Å²) in [4.78, 5) is 12.7. The van der Waals surface area contributed by atoms with Crippen molar-refractivity contribution < 1.29 is 18.0 Å². The minimum absolute atomic E-state index is 0.186. The summed E-state index contributed by atoms with van der Waals surface area (Å²) < 4.78 is 28.4. The zero-order valence-electron chi connectivity index (χ0n) is 19.1. The molecule has 0 spiro atoms. The fourth-order valence-electron chi connectivity index (χ4n) is 3.07. The SMILES string of the molecule is Cc1noc(-c2cnc(Nc3ccc(S(C)(=O)=O)c(C)c3)nc2N)n1.OCCc1ccccc1. The highest BCUT2D eigenvalue weighted by Gasteiger charge is 2.14. The lowest BCUT2D eigenvalue weighted by atomic mass is 10.2. The number of nitrogens with two attached hydrogens (primary N) is 1. The first-order valence-corrected chi connectivity index (χ1v) is 12.2. The number of aryl methyl sites for hydroxylation is 2. The van der Waals surface area contributed by atoms with Crippen LogP contribution in [0.25, 0.3) is 11.5 Å². The van der Waals surface area contributed by atoms with E-state index in [0.29, 0.717) is 22.6 Å². The first-order valence-electron chi connectivity index (χ1n) is 10.3. The molecule has 0 unspecified atom stereocenters. The normalized spacial score (nSPS) is 10.9. The van der Waals surface area contributed by atoms with Crippen LogP contribution in [0.5, 0.6) is 0 Å². The average molecular weight is 483 g/mol. The van der Waals surface area contributed by atoms with E-state index in [0.717, 1.165) is 6.42 Å². The van der Waals surface area contributed by atoms with Gasteiger partial charge in [-0.2, -0.15) is 9.97 Å². The molecule has 2 aromatic carbocycles. The van der Waals surface area contributed by atoms with E-state index in [1.807, 2.05) is 30.3 Å². The summed E-state index contributed by atoms with van der Waals surface area (Å²) in [6, 6.07) is 14.8. The van der Waals surface area contributed by atoms with Crippen LogP contribution in [0.2, 0.25) is 0 Å². The van der Waals surface area contributed by atoms with Crippen LogP contribution in [0.1, 0.15) is 17.0 Å². The predicted octanol–water partition coefficient (Wildman–Crippen LogP) is 3.09. The maximum absolute atomic E-state index is 11.7. The lowest BCUT2D eigenvalue weighted by Crippen LogP contribution is -2.04. The quantitative estimate of drug-likeness (QED) is 0.373. The molecule has 4 aromatic rings. The van der Waals surface area contributed by atoms with E-state index in [4.69, 9.17) is 15.4 Å². The van der Waals surface area contributed by atoms with Crippen LogP contribution in [0.3, 0.4) is 0 Å². The standard InChI is InChI=1S/C15H16N6O3S.C8H10O/c1-8-6-10(4-5-12(8)25(3,22)23)19-15-17-7-11(13(16)20-15)14-18-9(2)21-24-14;9-7-6-8-4-2-1-3-5-8/h4-7H,1-3H3,(H3,16,17,19,20);1-5,9H,6-7H2. The summed E-state index contributed by atoms with van der Waals surface area (Å²) in [5.74, 6) is 1.18. The van der Waals surface area contributed by atoms with Crippen molar-refractivity contribution in [3.63, 3.8) is 0 Å². The Hall–Kier alpha value is -3.83. The third kappa shape index (κ3) is 6.59. The van der Waals surface area contributed by atoms with Gasteiger partial charge in [0.1, 0.15) is 11.4 Å². The molecular formula is C23H26N6O4S. The molecule has 0 atom stereocenters. The molecule has 0 fully saturated rings. The number of nitrogen functional groups attached to an aromatic ring is 1. The summed E-state index contributed by atoms with van der Waals surface area (Å²) in [6.07, 6.45) is 3.42. The molecule has 2 heterocycles. The Morgan fingerprint density at radius 3 is 2.38 bits per heavy atom. The average Bonchev–Trinajstić information content (AvgIpc) is 3.20. The molecular weight excluding hydrogens is 456 g/mol. The third-order valence-corrected chi connectivity index (χ3v) is 5.91. The van der Waals surface area contributed by atoms with Crippen LogP contribution < -0.4 is 11.1 Å². The van der Waals surface area contributed by atoms with Crippen molar-refractivity contribution >= 4 is 27.3 Å². The summed E-state index contributed by atoms with van der Waals surface area (Å²) in [6.45, 7) is 3.66. The monoisotopic (exact) mass is 482 g/mol. The molecule has 2 aromatic heterocycles. The van der Waals surface area contributed by atoms with Crippen LogP contribution >= 0.6 is 0 Å². The van der Waals surface area contributed by atoms with Crippen molar-refractivity contribution in [3.05, 3.63) is 71.7 Å². The largest absolute Gasteiger partial charge is 0.396 e. The summed E-state index contributed by atoms with van der Waals surface area (Å²) >= 11 is 0. The fourth-order valence-corrected chi connectivity index (χ4v) is 4.03. The third-order valence-electron chi connectivity index (χ3n) is 4.65. The molecule has 0 bridgehead atoms. The molecule has 0 amide bonds. The van der Waals surface area contributed by atoms with Gasteiger partial charge in [0.25, 0.3) is 5.89 Å². The number of aromatic nitrogens is 4. The minimum atomic E-state index is -3.27. The van der Waals surface area contributed by atoms with Gasteiger partial charge in [0.15, 0.2) is 15.7 Å². The van der Waals surface area contributed by atoms with Gasteiger partial charge in [-0.1, -0.05) is 35.5 Å². The number of sulfone groups is 1. The minimum Gasteiger partial charge on any atom is -0.396 e. The van der Waals surface area contributed by atoms with E-state index < -0.39 is 9.84 Å². The van der Waals surface area contributed by atoms with Crippen molar-refractivity contribution in [2.24, 2.45) is 0 Å². The Morgan fingerprint density at radius 2 is 1.82 bits per heavy atom. The van der Waals surface area contributed by atoms with E-state index in [-0.39, 0.29) is 29.2 Å². The van der Waals surface area contributed by atoms with Crippen molar-refractivity contribution in [1.82, 2.24) is 20.1 Å². The van der Waals surface area contributed by atoms with Gasteiger partial charge >= 0.3 is 0 Å². The molecule has 0 aliphatic rings. The van der Waals surface area contributed by atoms with E-state index in [9.17, 15) is 8.42 Å². The summed E-state index contributed by atoms with van der Waals surface area (Å²) in [5, 5.41) is 15.2. The Morgan fingerprint density at radius 1 is 1.09 bits per heavy atom. The smallest absolute Gasteiger partial charge is 0.263 e. The molecule has 4 rings (SSSR count). The van der Waals surface area contributed by atoms with Gasteiger partial charge in [0.05, 0.1) is 4.90 Å². The van der Waals surface area contributed by atoms with E-state index in [2.05, 4.69) is 25.4 Å². The lowest BCUT2D eigenvalue weighted by Gasteiger charge is -2.09. The first kappa shape index (κ1) is 24.8. The number of aliphatic hydroxyl groups excluding tert-OH is 1. The maximum Gasteiger partial charge on any atom is 0.263 e. The van der Waals surface area contributed by atoms with Crippen LogP contribution in [-0.4, -0.2) is 46.5 Å². The van der Waals surface area contributed by atoms with E-state index in [1.54, 1.807) is 26.0 Å². The highest BCUT2D eigenvalue weighted by Crippen LogP contribution is 2.25. The van der Waals surface area contributed by atoms with Crippen molar-refractivity contribution in [3.8, 4) is 11.5 Å². The van der Waals surface area contributed by atoms with Gasteiger partial charge in [0, 0.05) is 24.7 Å². The van der Waals surface area contributed by atoms with Gasteiger partial charge in [-0.3, -0.25) is 0 Å². The zero-order chi connectivity index (χ0) is 24.7. The van der Waals surface area contributed by atoms with Crippen molar-refractivity contribution in [1.29, 1.82) is 0 Å². The second kappa shape index (κ2) is 10.9. The van der Waals surface area contributed by atoms with Crippen LogP contribution in [0, 0.1) is 13.8 Å². The summed E-state index contributed by atoms with van der Waals surface area (Å²) in [7, 11) is -3.27. The molecule has 0 aliphatic heterocycles. The van der Waals surface area contributed by atoms with Gasteiger partial charge in [-0.25, -0.2) is 13.4 Å². The number of hydrogen-bond acceptors (Lipinski definition) is 10. The van der Waals surface area contributed by atoms with Crippen LogP contribution in [0.15, 0.2) is 64.1 Å². The number of nitrogens with zero attached hydrogens (tertiary/aromatic N) is 4. The molecule has 4 N–H and O–H groups in total. The van der Waals surface area contributed by atoms with Crippen LogP contribution in [-0.2, 0) is 16.3 Å². The van der Waals surface area contributed by atoms with Crippen molar-refractivity contribution in [2.75, 3.05) is 23.9 Å². The molecule has 34 heavy (non-hydrogen) atoms. The molecule has 0 saturated carbocycles. The Bertz CT molecular complexity index is 1360. The van der Waals surface area contributed by atoms with Gasteiger partial charge in [-0.15, -0.1) is 0 Å². The molecule has 10 nitrogen and oxygen atoms in total. The Labute approximate surface area is 197 Å². The fraction of sp³-hybridized carbons (Fsp3) is 0.217. The second-order valence-electron chi connectivity index (χ2n) is 7.48. The Kier molecular flexibility index (Phi) is 7.92. The van der Waals surface area contributed by atoms with Crippen molar-refractivity contribution in [2.45, 2.75) is 25.2 Å². The Balaban J connectivity index is 0.000000302. The van der Waals surface area contributed by atoms with Crippen LogP contribution in [0.4, 0.5) is 17.5 Å². The van der Waals surface area contributed by atoms with Gasteiger partial charge in [-0.05, 0) is 49.6 Å². The number of nitrogens with one attached hydrogen (secondary N) is 1. The number of benzene rings is 2. The zero-order valence-corrected chi connectivity index (χ0v) is 19.9. The maximum atomic E-state index is 11.7. The highest BCUT2D eigenvalue weighted by molar-refractivity contribution is 7.90. The second-order valence-corrected chi connectivity index (χ2v) is 9.46. The van der Waals surface area contributed by atoms with E-state index in [1.165, 1.54) is 24.1 Å². The number of rotatable bonds is 6. The first-order chi connectivity index (χ1) is 16.2. The molecule has 0 radical (unpaired) electrons. The van der Waals surface area contributed by atoms with E-state index >= 15 is 0 Å². The predicted molar refractivity (Wildman–Crippen MR) is 129 cm³/mol. The number of hydrogen-bond donors (Lipinski definition) is 3. The lowest BCUT2D eigenvalue weighted by molar-refractivity contribution is 0.299. The molecule has 178 valence electrons. The van der Waals surface area contributed by atoms with Gasteiger partial charge < -0.3 is 20.7 Å².